The van der Waals surface area contributed by atoms with Crippen molar-refractivity contribution in [2.75, 3.05) is 44.2 Å². The Bertz CT molecular complexity index is 1930. The number of aromatic hydroxyl groups is 2. The summed E-state index contributed by atoms with van der Waals surface area (Å²) < 4.78 is 0.601. The third kappa shape index (κ3) is 8.07. The molecule has 1 aromatic heterocycles. The summed E-state index contributed by atoms with van der Waals surface area (Å²) in [4.78, 5) is 76.1. The number of amides is 2. The second-order valence-corrected chi connectivity index (χ2v) is 16.5. The molecule has 284 valence electrons. The Labute approximate surface area is 349 Å². The summed E-state index contributed by atoms with van der Waals surface area (Å²) in [5, 5.41) is 46.4. The molecule has 3 saturated heterocycles. The fourth-order valence-electron chi connectivity index (χ4n) is 7.59. The number of benzene rings is 1. The Morgan fingerprint density at radius 1 is 1.15 bits per heavy atom. The number of aliphatic carboxylic acids is 2. The van der Waals surface area contributed by atoms with Crippen LogP contribution in [0.4, 0.5) is 5.13 Å². The molecule has 21 heteroatoms. The first kappa shape index (κ1) is 42.1. The van der Waals surface area contributed by atoms with Crippen LogP contribution in [-0.4, -0.2) is 121 Å². The molecule has 54 heavy (non-hydrogen) atoms. The number of oxime groups is 1. The minimum Gasteiger partial charge on any atom is -0.546 e. The third-order valence-corrected chi connectivity index (χ3v) is 13.2. The van der Waals surface area contributed by atoms with Gasteiger partial charge in [0.2, 0.25) is 5.91 Å². The molecule has 6 rings (SSSR count). The molecule has 4 aliphatic heterocycles. The number of nitrogen functional groups attached to an aromatic ring is 1. The number of nitrogens with zero attached hydrogens (tertiary/aromatic N) is 5. The predicted molar refractivity (Wildman–Crippen MR) is 190 cm³/mol. The zero-order valence-corrected chi connectivity index (χ0v) is 34.4. The van der Waals surface area contributed by atoms with E-state index in [1.165, 1.54) is 28.8 Å². The van der Waals surface area contributed by atoms with Crippen molar-refractivity contribution < 1.29 is 83.3 Å². The number of hydrogen-bond donors (Lipinski definition) is 3. The fraction of sp³-hybridized carbons (Fsp3) is 0.485. The van der Waals surface area contributed by atoms with Gasteiger partial charge in [-0.15, -0.1) is 11.8 Å². The van der Waals surface area contributed by atoms with Gasteiger partial charge in [-0.2, -0.15) is 0 Å². The number of quaternary nitrogens is 1. The van der Waals surface area contributed by atoms with E-state index >= 15 is 0 Å². The summed E-state index contributed by atoms with van der Waals surface area (Å²) in [6.45, 7) is 3.93. The number of thioether (sulfide) groups is 1. The van der Waals surface area contributed by atoms with Crippen LogP contribution in [0.1, 0.15) is 55.1 Å². The Kier molecular flexibility index (Phi) is 13.2. The molecule has 5 heterocycles. The Hall–Kier alpha value is -3.10. The molecule has 4 N–H and O–H groups in total. The normalized spacial score (nSPS) is 21.9. The first-order chi connectivity index (χ1) is 25.1. The number of β-lactam (4-membered cyclic amide) rings is 1. The second-order valence-electron chi connectivity index (χ2n) is 13.4. The average molecular weight is 834 g/mol. The van der Waals surface area contributed by atoms with Gasteiger partial charge < -0.3 is 50.0 Å². The van der Waals surface area contributed by atoms with Gasteiger partial charge >= 0.3 is 29.6 Å². The maximum atomic E-state index is 13.6. The zero-order chi connectivity index (χ0) is 38.4. The Balaban J connectivity index is 0.00000561. The first-order valence-corrected chi connectivity index (χ1v) is 19.4. The van der Waals surface area contributed by atoms with Crippen molar-refractivity contribution in [3.8, 4) is 11.5 Å². The molecule has 16 nitrogen and oxygen atoms in total. The number of carboxylic acid groups (broad SMARTS) is 2. The average Bonchev–Trinajstić information content (AvgIpc) is 3.74. The molecule has 2 amide bonds. The van der Waals surface area contributed by atoms with Crippen molar-refractivity contribution in [1.29, 1.82) is 0 Å². The standard InChI is InChI=1S/C33H36Cl2N6O10S2.Na/c1-15(31(47)48)51-38-23(24-27(35)53-33(36)37-24)21(43)12-19-29(46)40-25(32(49)50)16(14-52-30(19)40)13-41(10-2-3-11-41)17-6-8-39(9-7-17)28(45)18-4-5-20(42)26(44)22(18)34;/h4-5,15,17,19,30H,2-3,6-14H2,1H3,(H5-,36,37,38,42,43,44,45,47,48,49,50);/q;+1/p-1/t15-,19+,30+;/m0./s1. The third-order valence-electron chi connectivity index (χ3n) is 10.3. The largest absolute Gasteiger partial charge is 1.00 e. The number of carboxylic acids is 2. The van der Waals surface area contributed by atoms with E-state index < -0.39 is 64.7 Å². The van der Waals surface area contributed by atoms with Crippen LogP contribution in [0.15, 0.2) is 28.6 Å². The molecule has 0 spiro atoms. The molecular formula is C33H35Cl2N6NaO10S2. The van der Waals surface area contributed by atoms with Gasteiger partial charge in [-0.3, -0.25) is 19.3 Å². The number of likely N-dealkylation sites (tertiary alicyclic amines) is 2. The molecule has 0 aliphatic carbocycles. The number of phenolic OH excluding ortho intramolecular Hbond substituents is 2. The van der Waals surface area contributed by atoms with Crippen molar-refractivity contribution in [2.45, 2.75) is 56.5 Å². The number of carbonyl (C=O) groups excluding carboxylic acids is 5. The molecule has 0 saturated carbocycles. The molecule has 1 aromatic carbocycles. The van der Waals surface area contributed by atoms with Gasteiger partial charge in [-0.05, 0) is 19.1 Å². The molecule has 0 unspecified atom stereocenters. The Morgan fingerprint density at radius 2 is 1.81 bits per heavy atom. The van der Waals surface area contributed by atoms with Gasteiger partial charge in [0, 0.05) is 56.5 Å². The van der Waals surface area contributed by atoms with E-state index in [1.54, 1.807) is 4.90 Å². The second kappa shape index (κ2) is 17.0. The van der Waals surface area contributed by atoms with Crippen molar-refractivity contribution >= 4 is 86.7 Å². The SMILES string of the molecule is C[C@H](O/N=C(\C(=O)C[C@@H]1C(=O)N2C(C(=O)[O-])=C(C[N+]3(C4CCN(C(=O)c5ccc(O)c(O)c5Cl)CC4)CCCC3)CS[C@H]12)c1nc(N)sc1Cl)C(=O)[O-].[Na+]. The molecule has 3 fully saturated rings. The first-order valence-electron chi connectivity index (χ1n) is 16.8. The van der Waals surface area contributed by atoms with E-state index in [0.29, 0.717) is 42.5 Å². The summed E-state index contributed by atoms with van der Waals surface area (Å²) >= 11 is 14.6. The molecular weight excluding hydrogens is 798 g/mol. The number of hydrogen-bond acceptors (Lipinski definition) is 15. The van der Waals surface area contributed by atoms with Crippen molar-refractivity contribution in [1.82, 2.24) is 14.8 Å². The number of carbonyl (C=O) groups is 5. The van der Waals surface area contributed by atoms with Crippen molar-refractivity contribution in [3.63, 3.8) is 0 Å². The van der Waals surface area contributed by atoms with Gasteiger partial charge in [0.05, 0.1) is 58.6 Å². The van der Waals surface area contributed by atoms with Crippen LogP contribution in [0, 0.1) is 5.92 Å². The molecule has 4 aliphatic rings. The summed E-state index contributed by atoms with van der Waals surface area (Å²) in [6, 6.07) is 2.68. The van der Waals surface area contributed by atoms with E-state index in [2.05, 4.69) is 10.1 Å². The molecule has 0 bridgehead atoms. The number of nitrogens with two attached hydrogens (primary N) is 1. The maximum Gasteiger partial charge on any atom is 1.00 e. The molecule has 0 radical (unpaired) electrons. The minimum absolute atomic E-state index is 0. The van der Waals surface area contributed by atoms with Gasteiger partial charge in [0.15, 0.2) is 34.2 Å². The number of Topliss-reactive ketones (excluding diaryl/α,β-unsaturated/α-hetero) is 1. The van der Waals surface area contributed by atoms with Gasteiger partial charge in [0.1, 0.15) is 16.6 Å². The number of fused-ring (bicyclic) bond motifs is 1. The zero-order valence-electron chi connectivity index (χ0n) is 29.3. The summed E-state index contributed by atoms with van der Waals surface area (Å²) in [5.41, 5.74) is 5.62. The summed E-state index contributed by atoms with van der Waals surface area (Å²) in [5.74, 6) is -6.39. The molecule has 2 aromatic rings. The van der Waals surface area contributed by atoms with Crippen LogP contribution >= 0.6 is 46.3 Å². The van der Waals surface area contributed by atoms with Gasteiger partial charge in [-0.1, -0.05) is 39.7 Å². The summed E-state index contributed by atoms with van der Waals surface area (Å²) in [6.07, 6.45) is 1.20. The number of ketones is 1. The molecule has 3 atom stereocenters. The van der Waals surface area contributed by atoms with E-state index in [1.807, 2.05) is 0 Å². The summed E-state index contributed by atoms with van der Waals surface area (Å²) in [7, 11) is 0. The minimum atomic E-state index is -1.58. The van der Waals surface area contributed by atoms with Crippen LogP contribution in [-0.2, 0) is 24.0 Å². The van der Waals surface area contributed by atoms with E-state index in [-0.39, 0.29) is 78.7 Å². The fourth-order valence-corrected chi connectivity index (χ4v) is 10.2. The number of halogens is 2. The topological polar surface area (TPSA) is 239 Å². The van der Waals surface area contributed by atoms with Crippen LogP contribution in [0.25, 0.3) is 0 Å². The number of phenols is 2. The number of thiazole rings is 1. The smallest absolute Gasteiger partial charge is 0.546 e. The van der Waals surface area contributed by atoms with Crippen LogP contribution in [0.5, 0.6) is 11.5 Å². The van der Waals surface area contributed by atoms with Crippen molar-refractivity contribution in [2.24, 2.45) is 11.1 Å². The van der Waals surface area contributed by atoms with Crippen LogP contribution in [0.2, 0.25) is 9.36 Å². The van der Waals surface area contributed by atoms with Crippen molar-refractivity contribution in [3.05, 3.63) is 44.0 Å². The van der Waals surface area contributed by atoms with Gasteiger partial charge in [-0.25, -0.2) is 4.98 Å². The van der Waals surface area contributed by atoms with E-state index in [0.717, 1.165) is 44.2 Å². The number of piperidine rings is 1. The van der Waals surface area contributed by atoms with Crippen LogP contribution in [0.3, 0.4) is 0 Å². The van der Waals surface area contributed by atoms with E-state index in [4.69, 9.17) is 33.8 Å². The van der Waals surface area contributed by atoms with Gasteiger partial charge in [0.25, 0.3) is 5.91 Å². The number of rotatable bonds is 12. The predicted octanol–water partition coefficient (Wildman–Crippen LogP) is -2.28. The maximum absolute atomic E-state index is 13.6. The Morgan fingerprint density at radius 3 is 2.41 bits per heavy atom. The monoisotopic (exact) mass is 832 g/mol. The van der Waals surface area contributed by atoms with E-state index in [9.17, 15) is 44.4 Å². The quantitative estimate of drug-likeness (QED) is 0.0511. The number of aromatic nitrogens is 1. The van der Waals surface area contributed by atoms with Crippen LogP contribution < -0.4 is 45.5 Å². The number of anilines is 1.